The van der Waals surface area contributed by atoms with Gasteiger partial charge in [-0.3, -0.25) is 0 Å². The van der Waals surface area contributed by atoms with Crippen molar-refractivity contribution in [3.8, 4) is 0 Å². The van der Waals surface area contributed by atoms with Gasteiger partial charge in [0.15, 0.2) is 0 Å². The maximum atomic E-state index is 11.8. The summed E-state index contributed by atoms with van der Waals surface area (Å²) in [6.07, 6.45) is 0. The largest absolute Gasteiger partial charge is 0.241 e. The predicted molar refractivity (Wildman–Crippen MR) is 64.2 cm³/mol. The van der Waals surface area contributed by atoms with Crippen LogP contribution in [0.15, 0.2) is 33.6 Å². The Labute approximate surface area is 99.1 Å². The van der Waals surface area contributed by atoms with Crippen LogP contribution in [-0.4, -0.2) is 15.0 Å². The summed E-state index contributed by atoms with van der Waals surface area (Å²) in [4.78, 5) is 0.283. The third-order valence-electron chi connectivity index (χ3n) is 1.81. The maximum Gasteiger partial charge on any atom is 0.241 e. The molecule has 0 heterocycles. The van der Waals surface area contributed by atoms with Crippen LogP contribution in [0.1, 0.15) is 13.8 Å². The van der Waals surface area contributed by atoms with Crippen molar-refractivity contribution >= 4 is 26.0 Å². The first-order chi connectivity index (χ1) is 6.93. The molecule has 0 amide bonds. The average Bonchev–Trinajstić information content (AvgIpc) is 2.15. The van der Waals surface area contributed by atoms with E-state index in [0.29, 0.717) is 16.9 Å². The highest BCUT2D eigenvalue weighted by molar-refractivity contribution is 9.10. The molecule has 0 aliphatic carbocycles. The van der Waals surface area contributed by atoms with Crippen LogP contribution in [0.4, 0.5) is 0 Å². The molecule has 0 fully saturated rings. The van der Waals surface area contributed by atoms with Gasteiger partial charge in [0.2, 0.25) is 10.0 Å². The third kappa shape index (κ3) is 3.59. The summed E-state index contributed by atoms with van der Waals surface area (Å²) < 4.78 is 26.8. The van der Waals surface area contributed by atoms with Crippen LogP contribution in [0.5, 0.6) is 0 Å². The van der Waals surface area contributed by atoms with Crippen LogP contribution in [0.2, 0.25) is 0 Å². The van der Waals surface area contributed by atoms with E-state index < -0.39 is 10.0 Å². The van der Waals surface area contributed by atoms with Crippen LogP contribution in [0.3, 0.4) is 0 Å². The van der Waals surface area contributed by atoms with Crippen molar-refractivity contribution in [2.75, 3.05) is 6.54 Å². The van der Waals surface area contributed by atoms with E-state index in [4.69, 9.17) is 0 Å². The lowest BCUT2D eigenvalue weighted by atomic mass is 10.2. The summed E-state index contributed by atoms with van der Waals surface area (Å²) in [5.74, 6) is 0.294. The number of hydrogen-bond donors (Lipinski definition) is 1. The summed E-state index contributed by atoms with van der Waals surface area (Å²) in [6.45, 7) is 4.37. The zero-order chi connectivity index (χ0) is 11.5. The molecule has 84 valence electrons. The lowest BCUT2D eigenvalue weighted by Gasteiger charge is -2.09. The molecule has 0 aliphatic rings. The van der Waals surface area contributed by atoms with E-state index in [-0.39, 0.29) is 4.90 Å². The van der Waals surface area contributed by atoms with Gasteiger partial charge in [-0.1, -0.05) is 26.0 Å². The van der Waals surface area contributed by atoms with Gasteiger partial charge in [0.05, 0.1) is 4.90 Å². The molecule has 0 radical (unpaired) electrons. The van der Waals surface area contributed by atoms with Gasteiger partial charge < -0.3 is 0 Å². The minimum absolute atomic E-state index is 0.283. The Bertz CT molecular complexity index is 429. The summed E-state index contributed by atoms with van der Waals surface area (Å²) in [7, 11) is -3.38. The number of halogens is 1. The van der Waals surface area contributed by atoms with E-state index >= 15 is 0 Å². The molecule has 1 aromatic rings. The summed E-state index contributed by atoms with van der Waals surface area (Å²) in [5.41, 5.74) is 0. The summed E-state index contributed by atoms with van der Waals surface area (Å²) >= 11 is 3.22. The second kappa shape index (κ2) is 5.09. The molecule has 3 nitrogen and oxygen atoms in total. The van der Waals surface area contributed by atoms with Crippen LogP contribution >= 0.6 is 15.9 Å². The molecule has 0 aromatic heterocycles. The highest BCUT2D eigenvalue weighted by Gasteiger charge is 2.16. The fraction of sp³-hybridized carbons (Fsp3) is 0.400. The number of rotatable bonds is 4. The lowest BCUT2D eigenvalue weighted by molar-refractivity contribution is 0.560. The fourth-order valence-electron chi connectivity index (χ4n) is 1.02. The highest BCUT2D eigenvalue weighted by atomic mass is 79.9. The molecule has 1 rings (SSSR count). The molecule has 1 N–H and O–H groups in total. The SMILES string of the molecule is CC(C)CNS(=O)(=O)c1ccccc1Br. The molecule has 0 atom stereocenters. The van der Waals surface area contributed by atoms with Crippen molar-refractivity contribution in [3.05, 3.63) is 28.7 Å². The Morgan fingerprint density at radius 2 is 1.93 bits per heavy atom. The molecule has 5 heteroatoms. The zero-order valence-corrected chi connectivity index (χ0v) is 11.1. The predicted octanol–water partition coefficient (Wildman–Crippen LogP) is 2.38. The molecule has 0 spiro atoms. The quantitative estimate of drug-likeness (QED) is 0.926. The van der Waals surface area contributed by atoms with Gasteiger partial charge in [0, 0.05) is 11.0 Å². The van der Waals surface area contributed by atoms with Crippen LogP contribution in [0, 0.1) is 5.92 Å². The van der Waals surface area contributed by atoms with Crippen LogP contribution < -0.4 is 4.72 Å². The molecule has 0 bridgehead atoms. The van der Waals surface area contributed by atoms with Crippen molar-refractivity contribution in [1.82, 2.24) is 4.72 Å². The minimum atomic E-state index is -3.38. The third-order valence-corrected chi connectivity index (χ3v) is 4.24. The van der Waals surface area contributed by atoms with E-state index in [2.05, 4.69) is 20.7 Å². The van der Waals surface area contributed by atoms with Crippen molar-refractivity contribution in [2.45, 2.75) is 18.7 Å². The lowest BCUT2D eigenvalue weighted by Crippen LogP contribution is -2.27. The van der Waals surface area contributed by atoms with E-state index in [0.717, 1.165) is 0 Å². The highest BCUT2D eigenvalue weighted by Crippen LogP contribution is 2.20. The molecular formula is C10H14BrNO2S. The van der Waals surface area contributed by atoms with Gasteiger partial charge in [0.1, 0.15) is 0 Å². The van der Waals surface area contributed by atoms with E-state index in [1.165, 1.54) is 0 Å². The normalized spacial score (nSPS) is 12.0. The number of benzene rings is 1. The van der Waals surface area contributed by atoms with Gasteiger partial charge in [-0.2, -0.15) is 0 Å². The first kappa shape index (κ1) is 12.7. The minimum Gasteiger partial charge on any atom is -0.211 e. The monoisotopic (exact) mass is 291 g/mol. The standard InChI is InChI=1S/C10H14BrNO2S/c1-8(2)7-12-15(13,14)10-6-4-3-5-9(10)11/h3-6,8,12H,7H2,1-2H3. The molecule has 0 unspecified atom stereocenters. The molecule has 0 aliphatic heterocycles. The second-order valence-corrected chi connectivity index (χ2v) is 6.27. The Morgan fingerprint density at radius 3 is 2.47 bits per heavy atom. The van der Waals surface area contributed by atoms with Gasteiger partial charge >= 0.3 is 0 Å². The Hall–Kier alpha value is -0.390. The average molecular weight is 292 g/mol. The molecule has 1 aromatic carbocycles. The zero-order valence-electron chi connectivity index (χ0n) is 8.70. The van der Waals surface area contributed by atoms with Gasteiger partial charge in [0.25, 0.3) is 0 Å². The Morgan fingerprint density at radius 1 is 1.33 bits per heavy atom. The summed E-state index contributed by atoms with van der Waals surface area (Å²) in [5, 5.41) is 0. The van der Waals surface area contributed by atoms with Crippen LogP contribution in [0.25, 0.3) is 0 Å². The summed E-state index contributed by atoms with van der Waals surface area (Å²) in [6, 6.07) is 6.77. The van der Waals surface area contributed by atoms with Crippen molar-refractivity contribution < 1.29 is 8.42 Å². The van der Waals surface area contributed by atoms with Crippen molar-refractivity contribution in [3.63, 3.8) is 0 Å². The van der Waals surface area contributed by atoms with Gasteiger partial charge in [-0.05, 0) is 34.0 Å². The number of nitrogens with one attached hydrogen (secondary N) is 1. The smallest absolute Gasteiger partial charge is 0.211 e. The molecule has 15 heavy (non-hydrogen) atoms. The van der Waals surface area contributed by atoms with Gasteiger partial charge in [-0.15, -0.1) is 0 Å². The molecule has 0 saturated carbocycles. The fourth-order valence-corrected chi connectivity index (χ4v) is 3.23. The maximum absolute atomic E-state index is 11.8. The van der Waals surface area contributed by atoms with Crippen LogP contribution in [-0.2, 0) is 10.0 Å². The Kier molecular flexibility index (Phi) is 4.31. The molecule has 0 saturated heterocycles. The van der Waals surface area contributed by atoms with E-state index in [1.807, 2.05) is 13.8 Å². The first-order valence-electron chi connectivity index (χ1n) is 4.67. The molecular weight excluding hydrogens is 278 g/mol. The van der Waals surface area contributed by atoms with Gasteiger partial charge in [-0.25, -0.2) is 13.1 Å². The Balaban J connectivity index is 2.92. The second-order valence-electron chi connectivity index (χ2n) is 3.68. The van der Waals surface area contributed by atoms with E-state index in [1.54, 1.807) is 24.3 Å². The topological polar surface area (TPSA) is 46.2 Å². The van der Waals surface area contributed by atoms with Crippen molar-refractivity contribution in [2.24, 2.45) is 5.92 Å². The number of hydrogen-bond acceptors (Lipinski definition) is 2. The number of sulfonamides is 1. The van der Waals surface area contributed by atoms with Crippen molar-refractivity contribution in [1.29, 1.82) is 0 Å². The van der Waals surface area contributed by atoms with E-state index in [9.17, 15) is 8.42 Å². The first-order valence-corrected chi connectivity index (χ1v) is 6.95.